The van der Waals surface area contributed by atoms with Crippen LogP contribution in [0.1, 0.15) is 13.3 Å². The van der Waals surface area contributed by atoms with Gasteiger partial charge in [-0.3, -0.25) is 0 Å². The van der Waals surface area contributed by atoms with Crippen LogP contribution in [0.15, 0.2) is 36.5 Å². The van der Waals surface area contributed by atoms with Gasteiger partial charge in [-0.15, -0.1) is 0 Å². The van der Waals surface area contributed by atoms with Crippen LogP contribution in [-0.2, 0) is 4.79 Å². The summed E-state index contributed by atoms with van der Waals surface area (Å²) in [5, 5.41) is 1.28. The van der Waals surface area contributed by atoms with Crippen molar-refractivity contribution < 1.29 is 4.79 Å². The summed E-state index contributed by atoms with van der Waals surface area (Å²) in [6.45, 7) is 1.81. The van der Waals surface area contributed by atoms with Gasteiger partial charge in [-0.25, -0.2) is 0 Å². The van der Waals surface area contributed by atoms with Crippen molar-refractivity contribution >= 4 is 17.2 Å². The average molecular weight is 175 g/mol. The minimum absolute atomic E-state index is 0.639. The molecule has 0 saturated carbocycles. The van der Waals surface area contributed by atoms with Crippen LogP contribution in [0.2, 0.25) is 0 Å². The van der Waals surface area contributed by atoms with Gasteiger partial charge in [-0.1, -0.05) is 25.1 Å². The summed E-state index contributed by atoms with van der Waals surface area (Å²) in [5.74, 6) is 0. The maximum Gasteiger partial charge on any atom is 0.119 e. The standard InChI is InChI=1S/C8H7N.C3H6O/c1-2-4-8-7(3-1)5-6-9-8;1-2-3-4/h1-6,9H;3H,2H2,1H3. The van der Waals surface area contributed by atoms with Crippen molar-refractivity contribution in [1.82, 2.24) is 4.98 Å². The number of benzene rings is 1. The molecule has 1 aromatic heterocycles. The fourth-order valence-corrected chi connectivity index (χ4v) is 0.995. The fourth-order valence-electron chi connectivity index (χ4n) is 0.995. The highest BCUT2D eigenvalue weighted by atomic mass is 16.1. The molecule has 0 aliphatic heterocycles. The number of aromatic amines is 1. The molecule has 0 fully saturated rings. The zero-order chi connectivity index (χ0) is 9.52. The van der Waals surface area contributed by atoms with Crippen molar-refractivity contribution in [3.05, 3.63) is 36.5 Å². The van der Waals surface area contributed by atoms with Crippen LogP contribution in [0.5, 0.6) is 0 Å². The number of carbonyl (C=O) groups is 1. The number of hydrogen-bond donors (Lipinski definition) is 1. The lowest BCUT2D eigenvalue weighted by Gasteiger charge is -1.83. The lowest BCUT2D eigenvalue weighted by atomic mass is 10.3. The van der Waals surface area contributed by atoms with E-state index in [9.17, 15) is 4.79 Å². The lowest BCUT2D eigenvalue weighted by Crippen LogP contribution is -1.61. The van der Waals surface area contributed by atoms with Crippen molar-refractivity contribution in [3.63, 3.8) is 0 Å². The summed E-state index contributed by atoms with van der Waals surface area (Å²) in [5.41, 5.74) is 1.21. The molecular weight excluding hydrogens is 162 g/mol. The highest BCUT2D eigenvalue weighted by molar-refractivity contribution is 5.78. The van der Waals surface area contributed by atoms with Gasteiger partial charge in [0.25, 0.3) is 0 Å². The van der Waals surface area contributed by atoms with E-state index in [1.54, 1.807) is 0 Å². The van der Waals surface area contributed by atoms with Crippen molar-refractivity contribution in [2.75, 3.05) is 0 Å². The summed E-state index contributed by atoms with van der Waals surface area (Å²) in [7, 11) is 0. The zero-order valence-corrected chi connectivity index (χ0v) is 7.66. The van der Waals surface area contributed by atoms with E-state index in [2.05, 4.69) is 23.2 Å². The molecule has 2 aromatic rings. The molecule has 1 aromatic carbocycles. The number of hydrogen-bond acceptors (Lipinski definition) is 1. The SMILES string of the molecule is CCC=O.c1ccc2[nH]ccc2c1. The van der Waals surface area contributed by atoms with Gasteiger partial charge in [0.15, 0.2) is 0 Å². The fraction of sp³-hybridized carbons (Fsp3) is 0.182. The van der Waals surface area contributed by atoms with Crippen molar-refractivity contribution in [2.45, 2.75) is 13.3 Å². The molecule has 2 heteroatoms. The van der Waals surface area contributed by atoms with E-state index < -0.39 is 0 Å². The van der Waals surface area contributed by atoms with Crippen molar-refractivity contribution in [2.24, 2.45) is 0 Å². The second kappa shape index (κ2) is 5.14. The van der Waals surface area contributed by atoms with E-state index in [1.807, 2.05) is 25.3 Å². The molecule has 68 valence electrons. The Labute approximate surface area is 77.6 Å². The molecule has 0 atom stereocenters. The number of H-pyrrole nitrogens is 1. The first kappa shape index (κ1) is 9.52. The molecule has 0 unspecified atom stereocenters. The van der Waals surface area contributed by atoms with Gasteiger partial charge in [-0.05, 0) is 17.5 Å². The summed E-state index contributed by atoms with van der Waals surface area (Å²) in [6.07, 6.45) is 3.46. The summed E-state index contributed by atoms with van der Waals surface area (Å²) >= 11 is 0. The molecule has 0 aliphatic rings. The van der Waals surface area contributed by atoms with Crippen molar-refractivity contribution in [3.8, 4) is 0 Å². The van der Waals surface area contributed by atoms with Gasteiger partial charge < -0.3 is 9.78 Å². The third-order valence-electron chi connectivity index (χ3n) is 1.63. The monoisotopic (exact) mass is 175 g/mol. The maximum absolute atomic E-state index is 9.17. The van der Waals surface area contributed by atoms with Crippen LogP contribution in [0.3, 0.4) is 0 Å². The Balaban J connectivity index is 0.000000184. The number of aldehydes is 1. The Kier molecular flexibility index (Phi) is 3.76. The second-order valence-electron chi connectivity index (χ2n) is 2.64. The number of rotatable bonds is 1. The zero-order valence-electron chi connectivity index (χ0n) is 7.66. The number of carbonyl (C=O) groups excluding carboxylic acids is 1. The van der Waals surface area contributed by atoms with Crippen LogP contribution >= 0.6 is 0 Å². The van der Waals surface area contributed by atoms with Gasteiger partial charge in [-0.2, -0.15) is 0 Å². The predicted molar refractivity (Wildman–Crippen MR) is 54.7 cm³/mol. The first-order valence-corrected chi connectivity index (χ1v) is 4.34. The largest absolute Gasteiger partial charge is 0.361 e. The smallest absolute Gasteiger partial charge is 0.119 e. The third-order valence-corrected chi connectivity index (χ3v) is 1.63. The Bertz CT molecular complexity index is 335. The van der Waals surface area contributed by atoms with Crippen LogP contribution in [0.4, 0.5) is 0 Å². The number of aromatic nitrogens is 1. The molecule has 0 aliphatic carbocycles. The Hall–Kier alpha value is -1.57. The van der Waals surface area contributed by atoms with Gasteiger partial charge in [0.1, 0.15) is 6.29 Å². The quantitative estimate of drug-likeness (QED) is 0.664. The first-order chi connectivity index (χ1) is 6.38. The normalized spacial score (nSPS) is 9.00. The number of fused-ring (bicyclic) bond motifs is 1. The molecule has 0 bridgehead atoms. The number of para-hydroxylation sites is 1. The summed E-state index contributed by atoms with van der Waals surface area (Å²) < 4.78 is 0. The Morgan fingerprint density at radius 3 is 2.62 bits per heavy atom. The first-order valence-electron chi connectivity index (χ1n) is 4.34. The second-order valence-corrected chi connectivity index (χ2v) is 2.64. The summed E-state index contributed by atoms with van der Waals surface area (Å²) in [6, 6.07) is 10.3. The van der Waals surface area contributed by atoms with E-state index in [4.69, 9.17) is 0 Å². The van der Waals surface area contributed by atoms with Crippen LogP contribution in [-0.4, -0.2) is 11.3 Å². The Morgan fingerprint density at radius 2 is 2.00 bits per heavy atom. The van der Waals surface area contributed by atoms with E-state index in [0.717, 1.165) is 6.29 Å². The lowest BCUT2D eigenvalue weighted by molar-refractivity contribution is -0.107. The molecule has 0 spiro atoms. The van der Waals surface area contributed by atoms with Crippen LogP contribution < -0.4 is 0 Å². The molecule has 2 nitrogen and oxygen atoms in total. The average Bonchev–Trinajstić information content (AvgIpc) is 2.66. The number of nitrogens with one attached hydrogen (secondary N) is 1. The van der Waals surface area contributed by atoms with Gasteiger partial charge in [0.05, 0.1) is 0 Å². The van der Waals surface area contributed by atoms with Crippen LogP contribution in [0.25, 0.3) is 10.9 Å². The highest BCUT2D eigenvalue weighted by Gasteiger charge is 1.86. The molecule has 13 heavy (non-hydrogen) atoms. The molecule has 1 heterocycles. The molecule has 0 radical (unpaired) electrons. The van der Waals surface area contributed by atoms with E-state index in [1.165, 1.54) is 10.9 Å². The third kappa shape index (κ3) is 2.75. The Morgan fingerprint density at radius 1 is 1.31 bits per heavy atom. The minimum atomic E-state index is 0.639. The van der Waals surface area contributed by atoms with Gasteiger partial charge in [0.2, 0.25) is 0 Å². The van der Waals surface area contributed by atoms with Gasteiger partial charge in [0, 0.05) is 18.1 Å². The summed E-state index contributed by atoms with van der Waals surface area (Å²) in [4.78, 5) is 12.3. The molecule has 0 saturated heterocycles. The molecular formula is C11H13NO. The van der Waals surface area contributed by atoms with Gasteiger partial charge >= 0.3 is 0 Å². The van der Waals surface area contributed by atoms with E-state index in [-0.39, 0.29) is 0 Å². The topological polar surface area (TPSA) is 32.9 Å². The molecule has 0 amide bonds. The van der Waals surface area contributed by atoms with E-state index in [0.29, 0.717) is 6.42 Å². The molecule has 2 rings (SSSR count). The minimum Gasteiger partial charge on any atom is -0.361 e. The van der Waals surface area contributed by atoms with E-state index >= 15 is 0 Å². The molecule has 1 N–H and O–H groups in total. The predicted octanol–water partition coefficient (Wildman–Crippen LogP) is 2.76. The maximum atomic E-state index is 9.17. The van der Waals surface area contributed by atoms with Crippen molar-refractivity contribution in [1.29, 1.82) is 0 Å². The van der Waals surface area contributed by atoms with Crippen LogP contribution in [0, 0.1) is 0 Å². The highest BCUT2D eigenvalue weighted by Crippen LogP contribution is 2.09.